The van der Waals surface area contributed by atoms with Gasteiger partial charge in [0.25, 0.3) is 0 Å². The van der Waals surface area contributed by atoms with E-state index in [0.29, 0.717) is 27.3 Å². The number of carbonyl (C=O) groups excluding carboxylic acids is 1. The van der Waals surface area contributed by atoms with Gasteiger partial charge in [-0.25, -0.2) is 4.98 Å². The standard InChI is InChI=1S/C13H14Cl2N4O2/c1-7-16-11(19-18-7)5-12(21)17-10(6-20)13-8(14)3-2-4-9(13)15/h2-4,10,20H,5-6H2,1H3,(H,17,21)(H,16,18,19). The van der Waals surface area contributed by atoms with Crippen molar-refractivity contribution in [3.8, 4) is 0 Å². The molecule has 3 N–H and O–H groups in total. The van der Waals surface area contributed by atoms with Crippen molar-refractivity contribution < 1.29 is 9.90 Å². The maximum atomic E-state index is 12.0. The summed E-state index contributed by atoms with van der Waals surface area (Å²) >= 11 is 12.1. The molecule has 0 fully saturated rings. The zero-order chi connectivity index (χ0) is 15.4. The Bertz CT molecular complexity index is 625. The van der Waals surface area contributed by atoms with Crippen molar-refractivity contribution in [3.05, 3.63) is 45.5 Å². The number of halogens is 2. The van der Waals surface area contributed by atoms with E-state index in [1.54, 1.807) is 25.1 Å². The number of carbonyl (C=O) groups is 1. The van der Waals surface area contributed by atoms with E-state index in [9.17, 15) is 9.90 Å². The highest BCUT2D eigenvalue weighted by atomic mass is 35.5. The van der Waals surface area contributed by atoms with Crippen LogP contribution in [-0.2, 0) is 11.2 Å². The van der Waals surface area contributed by atoms with Crippen LogP contribution in [-0.4, -0.2) is 32.8 Å². The first-order chi connectivity index (χ1) is 10.0. The normalized spacial score (nSPS) is 12.2. The maximum absolute atomic E-state index is 12.0. The van der Waals surface area contributed by atoms with Gasteiger partial charge in [-0.2, -0.15) is 5.10 Å². The van der Waals surface area contributed by atoms with E-state index in [1.807, 2.05) is 0 Å². The summed E-state index contributed by atoms with van der Waals surface area (Å²) in [7, 11) is 0. The Morgan fingerprint density at radius 3 is 2.62 bits per heavy atom. The number of nitrogens with one attached hydrogen (secondary N) is 2. The lowest BCUT2D eigenvalue weighted by molar-refractivity contribution is -0.121. The van der Waals surface area contributed by atoms with Gasteiger partial charge in [-0.05, 0) is 19.1 Å². The number of aliphatic hydroxyl groups excluding tert-OH is 1. The number of aliphatic hydroxyl groups is 1. The van der Waals surface area contributed by atoms with Crippen LogP contribution in [0.2, 0.25) is 10.0 Å². The second-order valence-electron chi connectivity index (χ2n) is 4.45. The fourth-order valence-electron chi connectivity index (χ4n) is 1.91. The number of benzene rings is 1. The van der Waals surface area contributed by atoms with E-state index in [4.69, 9.17) is 23.2 Å². The van der Waals surface area contributed by atoms with Gasteiger partial charge >= 0.3 is 0 Å². The minimum Gasteiger partial charge on any atom is -0.394 e. The molecule has 1 amide bonds. The molecule has 112 valence electrons. The molecular formula is C13H14Cl2N4O2. The number of aryl methyl sites for hydroxylation is 1. The highest BCUT2D eigenvalue weighted by Crippen LogP contribution is 2.30. The summed E-state index contributed by atoms with van der Waals surface area (Å²) in [5.41, 5.74) is 0.489. The van der Waals surface area contributed by atoms with Crippen LogP contribution in [0.4, 0.5) is 0 Å². The van der Waals surface area contributed by atoms with Gasteiger partial charge in [0.1, 0.15) is 5.82 Å². The number of aromatic nitrogens is 3. The second-order valence-corrected chi connectivity index (χ2v) is 5.27. The molecule has 1 aromatic heterocycles. The Balaban J connectivity index is 2.10. The fourth-order valence-corrected chi connectivity index (χ4v) is 2.57. The number of nitrogens with zero attached hydrogens (tertiary/aromatic N) is 2. The highest BCUT2D eigenvalue weighted by molar-refractivity contribution is 6.36. The van der Waals surface area contributed by atoms with E-state index < -0.39 is 6.04 Å². The summed E-state index contributed by atoms with van der Waals surface area (Å²) in [6.07, 6.45) is 0.00289. The number of hydrogen-bond acceptors (Lipinski definition) is 4. The third-order valence-corrected chi connectivity index (χ3v) is 3.49. The van der Waals surface area contributed by atoms with Crippen LogP contribution in [0.15, 0.2) is 18.2 Å². The summed E-state index contributed by atoms with van der Waals surface area (Å²) < 4.78 is 0. The lowest BCUT2D eigenvalue weighted by Crippen LogP contribution is -2.32. The lowest BCUT2D eigenvalue weighted by Gasteiger charge is -2.19. The molecular weight excluding hydrogens is 315 g/mol. The van der Waals surface area contributed by atoms with Crippen molar-refractivity contribution >= 4 is 29.1 Å². The summed E-state index contributed by atoms with van der Waals surface area (Å²) in [5, 5.41) is 19.5. The molecule has 8 heteroatoms. The average Bonchev–Trinajstić information content (AvgIpc) is 2.82. The SMILES string of the molecule is Cc1nc(CC(=O)NC(CO)c2c(Cl)cccc2Cl)n[nH]1. The molecule has 21 heavy (non-hydrogen) atoms. The summed E-state index contributed by atoms with van der Waals surface area (Å²) in [4.78, 5) is 16.0. The van der Waals surface area contributed by atoms with Crippen molar-refractivity contribution in [3.63, 3.8) is 0 Å². The van der Waals surface area contributed by atoms with Gasteiger partial charge in [0.05, 0.1) is 19.1 Å². The minimum absolute atomic E-state index is 0.00289. The van der Waals surface area contributed by atoms with E-state index in [2.05, 4.69) is 20.5 Å². The lowest BCUT2D eigenvalue weighted by atomic mass is 10.1. The molecule has 0 aliphatic rings. The van der Waals surface area contributed by atoms with Gasteiger partial charge in [0.15, 0.2) is 5.82 Å². The van der Waals surface area contributed by atoms with Crippen LogP contribution in [0.25, 0.3) is 0 Å². The van der Waals surface area contributed by atoms with Crippen molar-refractivity contribution in [2.45, 2.75) is 19.4 Å². The van der Waals surface area contributed by atoms with Gasteiger partial charge < -0.3 is 10.4 Å². The zero-order valence-corrected chi connectivity index (χ0v) is 12.7. The monoisotopic (exact) mass is 328 g/mol. The van der Waals surface area contributed by atoms with Crippen LogP contribution in [0, 0.1) is 6.92 Å². The molecule has 2 rings (SSSR count). The Labute approximate surface area is 131 Å². The van der Waals surface area contributed by atoms with Gasteiger partial charge in [0.2, 0.25) is 5.91 Å². The molecule has 0 aliphatic carbocycles. The third kappa shape index (κ3) is 3.93. The van der Waals surface area contributed by atoms with Crippen molar-refractivity contribution in [1.82, 2.24) is 20.5 Å². The van der Waals surface area contributed by atoms with E-state index in [0.717, 1.165) is 0 Å². The van der Waals surface area contributed by atoms with Gasteiger partial charge in [-0.1, -0.05) is 29.3 Å². The van der Waals surface area contributed by atoms with Crippen LogP contribution < -0.4 is 5.32 Å². The number of amides is 1. The number of hydrogen-bond donors (Lipinski definition) is 3. The maximum Gasteiger partial charge on any atom is 0.228 e. The number of rotatable bonds is 5. The first kappa shape index (κ1) is 15.8. The molecule has 0 aliphatic heterocycles. The van der Waals surface area contributed by atoms with Gasteiger partial charge in [-0.15, -0.1) is 0 Å². The number of H-pyrrole nitrogens is 1. The second kappa shape index (κ2) is 6.89. The molecule has 1 aromatic carbocycles. The topological polar surface area (TPSA) is 90.9 Å². The predicted molar refractivity (Wildman–Crippen MR) is 79.3 cm³/mol. The van der Waals surface area contributed by atoms with Gasteiger partial charge in [-0.3, -0.25) is 9.89 Å². The van der Waals surface area contributed by atoms with Gasteiger partial charge in [0, 0.05) is 15.6 Å². The molecule has 1 heterocycles. The van der Waals surface area contributed by atoms with Crippen LogP contribution >= 0.6 is 23.2 Å². The molecule has 1 unspecified atom stereocenters. The van der Waals surface area contributed by atoms with Crippen molar-refractivity contribution in [2.24, 2.45) is 0 Å². The third-order valence-electron chi connectivity index (χ3n) is 2.83. The first-order valence-corrected chi connectivity index (χ1v) is 6.99. The fraction of sp³-hybridized carbons (Fsp3) is 0.308. The zero-order valence-electron chi connectivity index (χ0n) is 11.2. The molecule has 0 radical (unpaired) electrons. The molecule has 1 atom stereocenters. The Morgan fingerprint density at radius 2 is 2.10 bits per heavy atom. The summed E-state index contributed by atoms with van der Waals surface area (Å²) in [6.45, 7) is 1.43. The highest BCUT2D eigenvalue weighted by Gasteiger charge is 2.20. The molecule has 0 spiro atoms. The van der Waals surface area contributed by atoms with Crippen LogP contribution in [0.1, 0.15) is 23.3 Å². The van der Waals surface area contributed by atoms with Crippen molar-refractivity contribution in [1.29, 1.82) is 0 Å². The smallest absolute Gasteiger partial charge is 0.228 e. The largest absolute Gasteiger partial charge is 0.394 e. The van der Waals surface area contributed by atoms with E-state index in [1.165, 1.54) is 0 Å². The molecule has 0 saturated heterocycles. The van der Waals surface area contributed by atoms with Crippen LogP contribution in [0.5, 0.6) is 0 Å². The number of aromatic amines is 1. The minimum atomic E-state index is -0.682. The Morgan fingerprint density at radius 1 is 1.43 bits per heavy atom. The van der Waals surface area contributed by atoms with Crippen molar-refractivity contribution in [2.75, 3.05) is 6.61 Å². The first-order valence-electron chi connectivity index (χ1n) is 6.23. The van der Waals surface area contributed by atoms with E-state index in [-0.39, 0.29) is 18.9 Å². The summed E-state index contributed by atoms with van der Waals surface area (Å²) in [6, 6.07) is 4.31. The average molecular weight is 329 g/mol. The quantitative estimate of drug-likeness (QED) is 0.780. The predicted octanol–water partition coefficient (Wildman–Crippen LogP) is 1.81. The summed E-state index contributed by atoms with van der Waals surface area (Å²) in [5.74, 6) is 0.682. The Kier molecular flexibility index (Phi) is 5.17. The molecule has 2 aromatic rings. The van der Waals surface area contributed by atoms with Crippen LogP contribution in [0.3, 0.4) is 0 Å². The Hall–Kier alpha value is -1.63. The molecule has 6 nitrogen and oxygen atoms in total. The van der Waals surface area contributed by atoms with E-state index >= 15 is 0 Å². The molecule has 0 saturated carbocycles. The molecule has 0 bridgehead atoms.